The minimum atomic E-state index is -0.434. The third-order valence-corrected chi connectivity index (χ3v) is 5.34. The van der Waals surface area contributed by atoms with E-state index in [2.05, 4.69) is 36.2 Å². The number of esters is 2. The maximum atomic E-state index is 12.4. The number of ether oxygens (including phenoxy) is 3. The first-order valence-electron chi connectivity index (χ1n) is 10.9. The van der Waals surface area contributed by atoms with E-state index in [-0.39, 0.29) is 44.2 Å². The standard InChI is InChI=1S/C25H31NO5/c1-18(2)29-16-17-30-24(27)14-15-25(28)31-23-13-6-5-11-22(23)26-21-12-7-9-19-8-3-4-10-20(19)21/h3-4,7-10,12,22-23,26H,1,5-6,11,13-17H2,2H3. The topological polar surface area (TPSA) is 73.9 Å². The van der Waals surface area contributed by atoms with Gasteiger partial charge in [-0.15, -0.1) is 0 Å². The Balaban J connectivity index is 1.49. The number of rotatable bonds is 10. The van der Waals surface area contributed by atoms with Crippen molar-refractivity contribution in [2.24, 2.45) is 0 Å². The number of nitrogens with one attached hydrogen (secondary N) is 1. The number of fused-ring (bicyclic) bond motifs is 1. The highest BCUT2D eigenvalue weighted by Gasteiger charge is 2.28. The Labute approximate surface area is 183 Å². The van der Waals surface area contributed by atoms with Crippen molar-refractivity contribution in [3.05, 3.63) is 54.8 Å². The van der Waals surface area contributed by atoms with Gasteiger partial charge in [-0.2, -0.15) is 0 Å². The van der Waals surface area contributed by atoms with Crippen molar-refractivity contribution in [3.63, 3.8) is 0 Å². The maximum absolute atomic E-state index is 12.4. The molecule has 3 rings (SSSR count). The molecule has 1 fully saturated rings. The van der Waals surface area contributed by atoms with Crippen LogP contribution in [0.15, 0.2) is 54.8 Å². The van der Waals surface area contributed by atoms with Crippen molar-refractivity contribution in [2.75, 3.05) is 18.5 Å². The van der Waals surface area contributed by atoms with Crippen LogP contribution in [-0.2, 0) is 23.8 Å². The molecule has 6 heteroatoms. The molecule has 2 unspecified atom stereocenters. The summed E-state index contributed by atoms with van der Waals surface area (Å²) in [7, 11) is 0. The average molecular weight is 426 g/mol. The molecule has 166 valence electrons. The predicted octanol–water partition coefficient (Wildman–Crippen LogP) is 4.98. The van der Waals surface area contributed by atoms with Gasteiger partial charge in [-0.1, -0.05) is 49.4 Å². The Bertz CT molecular complexity index is 904. The fraction of sp³-hybridized carbons (Fsp3) is 0.440. The highest BCUT2D eigenvalue weighted by molar-refractivity contribution is 5.93. The molecule has 2 aromatic rings. The monoisotopic (exact) mass is 425 g/mol. The molecule has 2 aromatic carbocycles. The number of hydrogen-bond donors (Lipinski definition) is 1. The van der Waals surface area contributed by atoms with Crippen LogP contribution in [0.2, 0.25) is 0 Å². The fourth-order valence-corrected chi connectivity index (χ4v) is 3.83. The number of anilines is 1. The van der Waals surface area contributed by atoms with Gasteiger partial charge in [0, 0.05) is 11.1 Å². The number of carbonyl (C=O) groups is 2. The molecule has 0 radical (unpaired) electrons. The van der Waals surface area contributed by atoms with Crippen LogP contribution in [0, 0.1) is 0 Å². The van der Waals surface area contributed by atoms with Gasteiger partial charge in [0.2, 0.25) is 0 Å². The van der Waals surface area contributed by atoms with Crippen molar-refractivity contribution in [3.8, 4) is 0 Å². The molecule has 0 aliphatic heterocycles. The van der Waals surface area contributed by atoms with E-state index < -0.39 is 5.97 Å². The SMILES string of the molecule is C=C(C)OCCOC(=O)CCC(=O)OC1CCCCC1Nc1cccc2ccccc12. The third kappa shape index (κ3) is 7.02. The first kappa shape index (κ1) is 22.7. The third-order valence-electron chi connectivity index (χ3n) is 5.34. The molecule has 2 atom stereocenters. The van der Waals surface area contributed by atoms with Gasteiger partial charge < -0.3 is 19.5 Å². The summed E-state index contributed by atoms with van der Waals surface area (Å²) in [5.41, 5.74) is 1.05. The summed E-state index contributed by atoms with van der Waals surface area (Å²) in [5, 5.41) is 5.92. The molecule has 6 nitrogen and oxygen atoms in total. The normalized spacial score (nSPS) is 18.2. The maximum Gasteiger partial charge on any atom is 0.306 e. The quantitative estimate of drug-likeness (QED) is 0.329. The summed E-state index contributed by atoms with van der Waals surface area (Å²) >= 11 is 0. The fourth-order valence-electron chi connectivity index (χ4n) is 3.83. The second-order valence-corrected chi connectivity index (χ2v) is 7.86. The smallest absolute Gasteiger partial charge is 0.306 e. The summed E-state index contributed by atoms with van der Waals surface area (Å²) < 4.78 is 15.9. The van der Waals surface area contributed by atoms with Crippen LogP contribution in [0.3, 0.4) is 0 Å². The van der Waals surface area contributed by atoms with Crippen LogP contribution in [0.4, 0.5) is 5.69 Å². The van der Waals surface area contributed by atoms with Crippen LogP contribution in [0.25, 0.3) is 10.8 Å². The minimum absolute atomic E-state index is 0.0000425. The molecule has 1 N–H and O–H groups in total. The Kier molecular flexibility index (Phi) is 8.33. The molecular formula is C25H31NO5. The van der Waals surface area contributed by atoms with Gasteiger partial charge in [0.25, 0.3) is 0 Å². The summed E-state index contributed by atoms with van der Waals surface area (Å²) in [4.78, 5) is 24.1. The second-order valence-electron chi connectivity index (χ2n) is 7.86. The Morgan fingerprint density at radius 1 is 0.968 bits per heavy atom. The molecule has 1 aliphatic rings. The second kappa shape index (κ2) is 11.4. The highest BCUT2D eigenvalue weighted by Crippen LogP contribution is 2.29. The zero-order valence-corrected chi connectivity index (χ0v) is 18.1. The molecule has 0 aromatic heterocycles. The van der Waals surface area contributed by atoms with Crippen LogP contribution in [-0.4, -0.2) is 37.3 Å². The van der Waals surface area contributed by atoms with E-state index in [1.165, 1.54) is 5.39 Å². The van der Waals surface area contributed by atoms with E-state index in [0.717, 1.165) is 36.8 Å². The first-order valence-corrected chi connectivity index (χ1v) is 10.9. The zero-order chi connectivity index (χ0) is 22.1. The molecule has 0 amide bonds. The number of carbonyl (C=O) groups excluding carboxylic acids is 2. The van der Waals surface area contributed by atoms with Gasteiger partial charge >= 0.3 is 11.9 Å². The first-order chi connectivity index (χ1) is 15.0. The van der Waals surface area contributed by atoms with Crippen LogP contribution in [0.1, 0.15) is 45.4 Å². The van der Waals surface area contributed by atoms with Gasteiger partial charge in [0.05, 0.1) is 24.6 Å². The molecule has 0 saturated heterocycles. The van der Waals surface area contributed by atoms with Crippen molar-refractivity contribution in [1.29, 1.82) is 0 Å². The van der Waals surface area contributed by atoms with Crippen molar-refractivity contribution >= 4 is 28.4 Å². The summed E-state index contributed by atoms with van der Waals surface area (Å²) in [6, 6.07) is 14.4. The lowest BCUT2D eigenvalue weighted by Gasteiger charge is -2.32. The van der Waals surface area contributed by atoms with Crippen LogP contribution in [0.5, 0.6) is 0 Å². The Morgan fingerprint density at radius 3 is 2.52 bits per heavy atom. The van der Waals surface area contributed by atoms with Gasteiger partial charge in [0.1, 0.15) is 19.3 Å². The lowest BCUT2D eigenvalue weighted by molar-refractivity contribution is -0.155. The van der Waals surface area contributed by atoms with Crippen LogP contribution >= 0.6 is 0 Å². The van der Waals surface area contributed by atoms with Gasteiger partial charge in [-0.25, -0.2) is 0 Å². The average Bonchev–Trinajstić information content (AvgIpc) is 2.77. The number of allylic oxidation sites excluding steroid dienone is 1. The lowest BCUT2D eigenvalue weighted by atomic mass is 9.91. The van der Waals surface area contributed by atoms with Crippen LogP contribution < -0.4 is 5.32 Å². The zero-order valence-electron chi connectivity index (χ0n) is 18.1. The molecule has 0 spiro atoms. The number of hydrogen-bond acceptors (Lipinski definition) is 6. The highest BCUT2D eigenvalue weighted by atomic mass is 16.6. The largest absolute Gasteiger partial charge is 0.495 e. The Hall–Kier alpha value is -3.02. The molecule has 0 bridgehead atoms. The van der Waals surface area contributed by atoms with Crippen molar-refractivity contribution < 1.29 is 23.8 Å². The van der Waals surface area contributed by atoms with Crippen molar-refractivity contribution in [2.45, 2.75) is 57.6 Å². The van der Waals surface area contributed by atoms with E-state index in [0.29, 0.717) is 5.76 Å². The molecular weight excluding hydrogens is 394 g/mol. The van der Waals surface area contributed by atoms with E-state index in [1.54, 1.807) is 6.92 Å². The van der Waals surface area contributed by atoms with E-state index >= 15 is 0 Å². The molecule has 31 heavy (non-hydrogen) atoms. The predicted molar refractivity (Wildman–Crippen MR) is 121 cm³/mol. The molecule has 0 heterocycles. The number of benzene rings is 2. The minimum Gasteiger partial charge on any atom is -0.495 e. The summed E-state index contributed by atoms with van der Waals surface area (Å²) in [6.07, 6.45) is 3.67. The van der Waals surface area contributed by atoms with E-state index in [9.17, 15) is 9.59 Å². The Morgan fingerprint density at radius 2 is 1.68 bits per heavy atom. The van der Waals surface area contributed by atoms with Crippen molar-refractivity contribution in [1.82, 2.24) is 0 Å². The lowest BCUT2D eigenvalue weighted by Crippen LogP contribution is -2.39. The van der Waals surface area contributed by atoms with Gasteiger partial charge in [-0.3, -0.25) is 9.59 Å². The van der Waals surface area contributed by atoms with Gasteiger partial charge in [0.15, 0.2) is 0 Å². The van der Waals surface area contributed by atoms with E-state index in [1.807, 2.05) is 18.2 Å². The summed E-state index contributed by atoms with van der Waals surface area (Å²) in [6.45, 7) is 5.73. The van der Waals surface area contributed by atoms with E-state index in [4.69, 9.17) is 14.2 Å². The summed E-state index contributed by atoms with van der Waals surface area (Å²) in [5.74, 6) is -0.234. The molecule has 1 aliphatic carbocycles. The van der Waals surface area contributed by atoms with Gasteiger partial charge in [-0.05, 0) is 37.6 Å². The molecule has 1 saturated carbocycles.